The maximum atomic E-state index is 12.6. The Labute approximate surface area is 189 Å². The van der Waals surface area contributed by atoms with Crippen LogP contribution in [0.1, 0.15) is 35.9 Å². The lowest BCUT2D eigenvalue weighted by Crippen LogP contribution is -2.25. The number of rotatable bonds is 2. The number of aromatic nitrogens is 4. The van der Waals surface area contributed by atoms with Crippen molar-refractivity contribution in [2.24, 2.45) is 5.10 Å². The van der Waals surface area contributed by atoms with E-state index in [9.17, 15) is 4.79 Å². The van der Waals surface area contributed by atoms with Gasteiger partial charge in [-0.1, -0.05) is 48.5 Å². The van der Waals surface area contributed by atoms with Crippen molar-refractivity contribution in [1.82, 2.24) is 24.6 Å². The van der Waals surface area contributed by atoms with E-state index >= 15 is 0 Å². The SMILES string of the molecule is CC(=O)N1N=C(c2nc3nc(C)cc(C)n3n2)O[C@H]1c1c2ccccc2cc2ccccc12. The van der Waals surface area contributed by atoms with Gasteiger partial charge in [-0.3, -0.25) is 4.79 Å². The number of hydrazone groups is 1. The molecule has 8 heteroatoms. The summed E-state index contributed by atoms with van der Waals surface area (Å²) in [4.78, 5) is 21.6. The molecule has 0 saturated carbocycles. The zero-order chi connectivity index (χ0) is 22.7. The van der Waals surface area contributed by atoms with Gasteiger partial charge in [0, 0.05) is 23.9 Å². The summed E-state index contributed by atoms with van der Waals surface area (Å²) in [5.74, 6) is 0.701. The molecule has 0 saturated heterocycles. The zero-order valence-electron chi connectivity index (χ0n) is 18.4. The van der Waals surface area contributed by atoms with Crippen LogP contribution in [0.4, 0.5) is 0 Å². The lowest BCUT2D eigenvalue weighted by molar-refractivity contribution is -0.135. The molecule has 8 nitrogen and oxygen atoms in total. The first kappa shape index (κ1) is 19.4. The van der Waals surface area contributed by atoms with Crippen molar-refractivity contribution in [2.45, 2.75) is 27.0 Å². The summed E-state index contributed by atoms with van der Waals surface area (Å²) < 4.78 is 7.96. The van der Waals surface area contributed by atoms with Crippen LogP contribution in [0, 0.1) is 13.8 Å². The summed E-state index contributed by atoms with van der Waals surface area (Å²) in [6, 6.07) is 20.2. The van der Waals surface area contributed by atoms with E-state index in [1.807, 2.05) is 56.3 Å². The van der Waals surface area contributed by atoms with Gasteiger partial charge >= 0.3 is 0 Å². The standard InChI is InChI=1S/C25H20N6O2/c1-14-12-15(2)30-25(26-14)27-22(28-30)23-29-31(16(3)32)24(33-23)21-19-10-6-4-8-17(19)13-18-9-5-7-11-20(18)21/h4-13,24H,1-3H3/t24-/m0/s1. The molecule has 0 unspecified atom stereocenters. The molecule has 162 valence electrons. The molecule has 0 spiro atoms. The average Bonchev–Trinajstić information content (AvgIpc) is 3.42. The first-order valence-corrected chi connectivity index (χ1v) is 10.7. The fourth-order valence-electron chi connectivity index (χ4n) is 4.42. The monoisotopic (exact) mass is 436 g/mol. The second-order valence-corrected chi connectivity index (χ2v) is 8.16. The summed E-state index contributed by atoms with van der Waals surface area (Å²) in [5, 5.41) is 14.5. The third kappa shape index (κ3) is 3.02. The number of carbonyl (C=O) groups is 1. The van der Waals surface area contributed by atoms with Gasteiger partial charge in [0.1, 0.15) is 0 Å². The summed E-state index contributed by atoms with van der Waals surface area (Å²) in [6.07, 6.45) is -0.740. The first-order valence-electron chi connectivity index (χ1n) is 10.7. The van der Waals surface area contributed by atoms with Gasteiger partial charge in [0.05, 0.1) is 0 Å². The predicted molar refractivity (Wildman–Crippen MR) is 125 cm³/mol. The van der Waals surface area contributed by atoms with E-state index in [-0.39, 0.29) is 17.6 Å². The van der Waals surface area contributed by atoms with Crippen molar-refractivity contribution in [3.05, 3.63) is 83.4 Å². The number of aryl methyl sites for hydroxylation is 2. The van der Waals surface area contributed by atoms with Crippen LogP contribution in [0.3, 0.4) is 0 Å². The van der Waals surface area contributed by atoms with E-state index in [1.165, 1.54) is 11.9 Å². The highest BCUT2D eigenvalue weighted by molar-refractivity contribution is 6.03. The number of fused-ring (bicyclic) bond motifs is 3. The van der Waals surface area contributed by atoms with Crippen LogP contribution in [-0.2, 0) is 9.53 Å². The van der Waals surface area contributed by atoms with Crippen molar-refractivity contribution in [2.75, 3.05) is 0 Å². The van der Waals surface area contributed by atoms with Gasteiger partial charge in [-0.25, -0.2) is 9.50 Å². The van der Waals surface area contributed by atoms with E-state index in [0.717, 1.165) is 38.5 Å². The third-order valence-corrected chi connectivity index (χ3v) is 5.84. The Balaban J connectivity index is 1.53. The minimum Gasteiger partial charge on any atom is -0.443 e. The Hall–Kier alpha value is -4.33. The highest BCUT2D eigenvalue weighted by Crippen LogP contribution is 2.39. The zero-order valence-corrected chi connectivity index (χ0v) is 18.4. The van der Waals surface area contributed by atoms with Crippen LogP contribution < -0.4 is 0 Å². The van der Waals surface area contributed by atoms with Gasteiger partial charge in [-0.15, -0.1) is 10.2 Å². The Kier molecular flexibility index (Phi) is 4.16. The number of hydrogen-bond acceptors (Lipinski definition) is 6. The highest BCUT2D eigenvalue weighted by Gasteiger charge is 2.37. The molecule has 1 aliphatic heterocycles. The van der Waals surface area contributed by atoms with Crippen molar-refractivity contribution in [1.29, 1.82) is 0 Å². The molecule has 3 heterocycles. The van der Waals surface area contributed by atoms with Crippen molar-refractivity contribution in [3.8, 4) is 0 Å². The molecule has 1 atom stereocenters. The number of carbonyl (C=O) groups excluding carboxylic acids is 1. The largest absolute Gasteiger partial charge is 0.443 e. The van der Waals surface area contributed by atoms with Crippen molar-refractivity contribution < 1.29 is 9.53 Å². The quantitative estimate of drug-likeness (QED) is 0.386. The van der Waals surface area contributed by atoms with Crippen LogP contribution in [0.5, 0.6) is 0 Å². The average molecular weight is 436 g/mol. The highest BCUT2D eigenvalue weighted by atomic mass is 16.5. The van der Waals surface area contributed by atoms with Gasteiger partial charge in [0.25, 0.3) is 11.7 Å². The van der Waals surface area contributed by atoms with Crippen LogP contribution >= 0.6 is 0 Å². The molecule has 0 fully saturated rings. The number of nitrogens with zero attached hydrogens (tertiary/aromatic N) is 6. The fraction of sp³-hybridized carbons (Fsp3) is 0.160. The second kappa shape index (κ2) is 7.09. The molecular weight excluding hydrogens is 416 g/mol. The molecule has 1 aliphatic rings. The van der Waals surface area contributed by atoms with E-state index in [2.05, 4.69) is 38.4 Å². The summed E-state index contributed by atoms with van der Waals surface area (Å²) in [5.41, 5.74) is 2.63. The topological polar surface area (TPSA) is 85.0 Å². The van der Waals surface area contributed by atoms with E-state index in [1.54, 1.807) is 4.52 Å². The van der Waals surface area contributed by atoms with Crippen LogP contribution in [0.2, 0.25) is 0 Å². The van der Waals surface area contributed by atoms with Gasteiger partial charge < -0.3 is 4.74 Å². The Morgan fingerprint density at radius 2 is 1.61 bits per heavy atom. The fourth-order valence-corrected chi connectivity index (χ4v) is 4.42. The lowest BCUT2D eigenvalue weighted by Gasteiger charge is -2.22. The van der Waals surface area contributed by atoms with Crippen molar-refractivity contribution >= 4 is 39.1 Å². The number of benzene rings is 3. The van der Waals surface area contributed by atoms with Crippen molar-refractivity contribution in [3.63, 3.8) is 0 Å². The summed E-state index contributed by atoms with van der Waals surface area (Å²) >= 11 is 0. The van der Waals surface area contributed by atoms with Gasteiger partial charge in [0.15, 0.2) is 0 Å². The molecule has 3 aromatic carbocycles. The molecule has 6 rings (SSSR count). The van der Waals surface area contributed by atoms with Gasteiger partial charge in [-0.2, -0.15) is 9.99 Å². The maximum Gasteiger partial charge on any atom is 0.281 e. The predicted octanol–water partition coefficient (Wildman–Crippen LogP) is 4.29. The number of amides is 1. The number of hydrogen-bond donors (Lipinski definition) is 0. The second-order valence-electron chi connectivity index (χ2n) is 8.16. The minimum absolute atomic E-state index is 0.190. The Morgan fingerprint density at radius 3 is 2.27 bits per heavy atom. The van der Waals surface area contributed by atoms with Gasteiger partial charge in [-0.05, 0) is 47.5 Å². The first-order chi connectivity index (χ1) is 16.0. The van der Waals surface area contributed by atoms with Gasteiger partial charge in [0.2, 0.25) is 18.0 Å². The van der Waals surface area contributed by atoms with Crippen LogP contribution in [0.25, 0.3) is 27.3 Å². The minimum atomic E-state index is -0.740. The molecule has 1 amide bonds. The molecule has 5 aromatic rings. The molecule has 0 aliphatic carbocycles. The molecule has 0 N–H and O–H groups in total. The van der Waals surface area contributed by atoms with Crippen LogP contribution in [0.15, 0.2) is 65.8 Å². The molecular formula is C25H20N6O2. The third-order valence-electron chi connectivity index (χ3n) is 5.84. The number of ether oxygens (including phenoxy) is 1. The Bertz CT molecular complexity index is 1570. The molecule has 0 radical (unpaired) electrons. The van der Waals surface area contributed by atoms with E-state index < -0.39 is 6.23 Å². The maximum absolute atomic E-state index is 12.6. The molecule has 0 bridgehead atoms. The Morgan fingerprint density at radius 1 is 0.939 bits per heavy atom. The summed E-state index contributed by atoms with van der Waals surface area (Å²) in [7, 11) is 0. The van der Waals surface area contributed by atoms with Crippen LogP contribution in [-0.4, -0.2) is 36.4 Å². The van der Waals surface area contributed by atoms with E-state index in [4.69, 9.17) is 4.74 Å². The van der Waals surface area contributed by atoms with E-state index in [0.29, 0.717) is 5.78 Å². The normalized spacial score (nSPS) is 15.9. The molecule has 2 aromatic heterocycles. The summed E-state index contributed by atoms with van der Waals surface area (Å²) in [6.45, 7) is 5.32. The smallest absolute Gasteiger partial charge is 0.281 e. The molecule has 33 heavy (non-hydrogen) atoms. The lowest BCUT2D eigenvalue weighted by atomic mass is 9.95.